The molecular formula is C2H3BrN2O3. The summed E-state index contributed by atoms with van der Waals surface area (Å²) in [5.74, 6) is 0. The molecule has 0 amide bonds. The van der Waals surface area contributed by atoms with Crippen LogP contribution in [0.2, 0.25) is 0 Å². The molecule has 1 atom stereocenters. The Labute approximate surface area is 53.3 Å². The van der Waals surface area contributed by atoms with Gasteiger partial charge < -0.3 is 0 Å². The van der Waals surface area contributed by atoms with Crippen LogP contribution in [0.4, 0.5) is 0 Å². The number of nitroso groups, excluding NO2 is 1. The van der Waals surface area contributed by atoms with E-state index < -0.39 is 9.50 Å². The SMILES string of the molecule is CC(Br)(N=O)[N+](=O)[O-]. The van der Waals surface area contributed by atoms with Crippen molar-refractivity contribution in [3.8, 4) is 0 Å². The molecule has 0 N–H and O–H groups in total. The second kappa shape index (κ2) is 2.17. The van der Waals surface area contributed by atoms with E-state index in [-0.39, 0.29) is 0 Å². The highest BCUT2D eigenvalue weighted by molar-refractivity contribution is 9.10. The maximum Gasteiger partial charge on any atom is 0.399 e. The van der Waals surface area contributed by atoms with Gasteiger partial charge in [0.15, 0.2) is 0 Å². The van der Waals surface area contributed by atoms with Crippen LogP contribution in [-0.2, 0) is 0 Å². The van der Waals surface area contributed by atoms with Gasteiger partial charge in [-0.1, -0.05) is 0 Å². The van der Waals surface area contributed by atoms with Crippen LogP contribution in [0.25, 0.3) is 0 Å². The number of alkyl halides is 1. The zero-order chi connectivity index (χ0) is 6.78. The van der Waals surface area contributed by atoms with Crippen LogP contribution in [-0.4, -0.2) is 9.50 Å². The van der Waals surface area contributed by atoms with E-state index in [4.69, 9.17) is 0 Å². The Bertz CT molecular complexity index is 122. The minimum absolute atomic E-state index is 0.819. The fourth-order valence-corrected chi connectivity index (χ4v) is 0.0333. The third-order valence-corrected chi connectivity index (χ3v) is 0.934. The van der Waals surface area contributed by atoms with Gasteiger partial charge in [-0.15, -0.1) is 4.91 Å². The second-order valence-electron chi connectivity index (χ2n) is 1.25. The largest absolute Gasteiger partial charge is 0.399 e. The van der Waals surface area contributed by atoms with Gasteiger partial charge in [0.25, 0.3) is 0 Å². The van der Waals surface area contributed by atoms with E-state index in [0.717, 1.165) is 6.92 Å². The molecule has 0 aliphatic carbocycles. The van der Waals surface area contributed by atoms with Gasteiger partial charge in [0.1, 0.15) is 0 Å². The molecule has 0 aliphatic heterocycles. The Morgan fingerprint density at radius 3 is 2.25 bits per heavy atom. The molecule has 5 nitrogen and oxygen atoms in total. The van der Waals surface area contributed by atoms with Crippen LogP contribution in [0.15, 0.2) is 5.18 Å². The van der Waals surface area contributed by atoms with Crippen LogP contribution in [0.1, 0.15) is 6.92 Å². The molecule has 0 spiro atoms. The number of nitrogens with zero attached hydrogens (tertiary/aromatic N) is 2. The molecule has 0 saturated carbocycles. The third-order valence-electron chi connectivity index (χ3n) is 0.500. The topological polar surface area (TPSA) is 72.6 Å². The highest BCUT2D eigenvalue weighted by Gasteiger charge is 2.34. The number of halogens is 1. The van der Waals surface area contributed by atoms with Crippen molar-refractivity contribution in [1.82, 2.24) is 0 Å². The first kappa shape index (κ1) is 7.48. The van der Waals surface area contributed by atoms with Crippen LogP contribution < -0.4 is 0 Å². The lowest BCUT2D eigenvalue weighted by Gasteiger charge is -1.99. The lowest BCUT2D eigenvalue weighted by Crippen LogP contribution is -2.23. The number of rotatable bonds is 2. The average Bonchev–Trinajstić information content (AvgIpc) is 1.67. The van der Waals surface area contributed by atoms with Gasteiger partial charge in [-0.25, -0.2) is 0 Å². The van der Waals surface area contributed by atoms with Gasteiger partial charge in [-0.3, -0.25) is 10.1 Å². The summed E-state index contributed by atoms with van der Waals surface area (Å²) in [6.07, 6.45) is 0. The molecule has 0 aromatic carbocycles. The van der Waals surface area contributed by atoms with Crippen molar-refractivity contribution in [3.63, 3.8) is 0 Å². The number of hydrogen-bond acceptors (Lipinski definition) is 4. The van der Waals surface area contributed by atoms with E-state index in [0.29, 0.717) is 0 Å². The molecule has 0 rings (SSSR count). The normalized spacial score (nSPS) is 16.8. The first-order chi connectivity index (χ1) is 3.50. The molecule has 1 unspecified atom stereocenters. The van der Waals surface area contributed by atoms with Crippen LogP contribution in [0, 0.1) is 15.0 Å². The van der Waals surface area contributed by atoms with E-state index in [1.807, 2.05) is 0 Å². The Morgan fingerprint density at radius 1 is 1.88 bits per heavy atom. The highest BCUT2D eigenvalue weighted by atomic mass is 79.9. The summed E-state index contributed by atoms with van der Waals surface area (Å²) < 4.78 is -1.85. The molecule has 46 valence electrons. The number of nitro groups is 1. The molecule has 8 heavy (non-hydrogen) atoms. The predicted octanol–water partition coefficient (Wildman–Crippen LogP) is 1.10. The highest BCUT2D eigenvalue weighted by Crippen LogP contribution is 2.17. The van der Waals surface area contributed by atoms with E-state index in [2.05, 4.69) is 21.1 Å². The standard InChI is InChI=1S/C2H3BrN2O3/c1-2(3,4-6)5(7)8/h1H3. The van der Waals surface area contributed by atoms with E-state index in [9.17, 15) is 15.0 Å². The zero-order valence-electron chi connectivity index (χ0n) is 4.00. The molecular weight excluding hydrogens is 180 g/mol. The van der Waals surface area contributed by atoms with Crippen molar-refractivity contribution in [2.75, 3.05) is 0 Å². The van der Waals surface area contributed by atoms with Crippen molar-refractivity contribution in [3.05, 3.63) is 15.0 Å². The zero-order valence-corrected chi connectivity index (χ0v) is 5.58. The minimum atomic E-state index is -1.85. The predicted molar refractivity (Wildman–Crippen MR) is 30.1 cm³/mol. The molecule has 6 heteroatoms. The van der Waals surface area contributed by atoms with Crippen molar-refractivity contribution >= 4 is 15.9 Å². The van der Waals surface area contributed by atoms with Gasteiger partial charge in [-0.05, 0) is 0 Å². The van der Waals surface area contributed by atoms with E-state index in [1.54, 1.807) is 0 Å². The smallest absolute Gasteiger partial charge is 0.261 e. The molecule has 0 aliphatic rings. The fraction of sp³-hybridized carbons (Fsp3) is 1.00. The summed E-state index contributed by atoms with van der Waals surface area (Å²) >= 11 is 2.47. The first-order valence-corrected chi connectivity index (χ1v) is 2.48. The molecule has 0 aromatic heterocycles. The van der Waals surface area contributed by atoms with Gasteiger partial charge in [0, 0.05) is 28.0 Å². The van der Waals surface area contributed by atoms with E-state index >= 15 is 0 Å². The van der Waals surface area contributed by atoms with Crippen molar-refractivity contribution < 1.29 is 4.92 Å². The summed E-state index contributed by atoms with van der Waals surface area (Å²) in [6.45, 7) is 1.06. The Balaban J connectivity index is 4.12. The monoisotopic (exact) mass is 182 g/mol. The van der Waals surface area contributed by atoms with Crippen molar-refractivity contribution in [2.45, 2.75) is 11.5 Å². The summed E-state index contributed by atoms with van der Waals surface area (Å²) in [5, 5.41) is 11.9. The van der Waals surface area contributed by atoms with Crippen LogP contribution >= 0.6 is 15.9 Å². The van der Waals surface area contributed by atoms with Crippen molar-refractivity contribution in [2.24, 2.45) is 5.18 Å². The van der Waals surface area contributed by atoms with Gasteiger partial charge >= 0.3 is 4.57 Å². The second-order valence-corrected chi connectivity index (χ2v) is 2.76. The minimum Gasteiger partial charge on any atom is -0.261 e. The molecule has 0 aromatic rings. The molecule has 0 bridgehead atoms. The maximum absolute atomic E-state index is 9.72. The summed E-state index contributed by atoms with van der Waals surface area (Å²) in [6, 6.07) is 0. The molecule has 0 fully saturated rings. The van der Waals surface area contributed by atoms with Gasteiger partial charge in [0.05, 0.1) is 4.92 Å². The third kappa shape index (κ3) is 1.53. The van der Waals surface area contributed by atoms with Crippen LogP contribution in [0.5, 0.6) is 0 Å². The first-order valence-electron chi connectivity index (χ1n) is 1.68. The molecule has 0 saturated heterocycles. The average molecular weight is 183 g/mol. The Hall–Kier alpha value is -0.520. The van der Waals surface area contributed by atoms with Crippen molar-refractivity contribution in [1.29, 1.82) is 0 Å². The van der Waals surface area contributed by atoms with Crippen LogP contribution in [0.3, 0.4) is 0 Å². The summed E-state index contributed by atoms with van der Waals surface area (Å²) in [4.78, 5) is 18.4. The Morgan fingerprint density at radius 2 is 2.25 bits per heavy atom. The fourth-order valence-electron chi connectivity index (χ4n) is 0.0333. The quantitative estimate of drug-likeness (QED) is 0.211. The molecule has 0 radical (unpaired) electrons. The van der Waals surface area contributed by atoms with Gasteiger partial charge in [-0.2, -0.15) is 0 Å². The molecule has 0 heterocycles. The lowest BCUT2D eigenvalue weighted by molar-refractivity contribution is -0.529. The summed E-state index contributed by atoms with van der Waals surface area (Å²) in [5.41, 5.74) is 0. The number of hydrogen-bond donors (Lipinski definition) is 0. The lowest BCUT2D eigenvalue weighted by atomic mass is 10.6. The van der Waals surface area contributed by atoms with E-state index in [1.165, 1.54) is 0 Å². The summed E-state index contributed by atoms with van der Waals surface area (Å²) in [7, 11) is 0. The maximum atomic E-state index is 9.72. The Kier molecular flexibility index (Phi) is 2.02. The van der Waals surface area contributed by atoms with Gasteiger partial charge in [0.2, 0.25) is 0 Å².